The molecule has 1 aromatic carbocycles. The number of benzene rings is 1. The third-order valence-electron chi connectivity index (χ3n) is 3.83. The second-order valence-electron chi connectivity index (χ2n) is 5.43. The van der Waals surface area contributed by atoms with Crippen molar-refractivity contribution in [3.05, 3.63) is 42.1 Å². The SMILES string of the molecule is NC(=NCc1cc(-c2ccccc2)on1)NCC1CCC1. The molecule has 0 saturated heterocycles. The maximum absolute atomic E-state index is 5.85. The van der Waals surface area contributed by atoms with E-state index >= 15 is 0 Å². The quantitative estimate of drug-likeness (QED) is 0.653. The van der Waals surface area contributed by atoms with Crippen molar-refractivity contribution >= 4 is 5.96 Å². The van der Waals surface area contributed by atoms with Crippen LogP contribution in [0.1, 0.15) is 25.0 Å². The molecule has 0 radical (unpaired) electrons. The minimum absolute atomic E-state index is 0.430. The Labute approximate surface area is 124 Å². The summed E-state index contributed by atoms with van der Waals surface area (Å²) in [6.45, 7) is 1.35. The van der Waals surface area contributed by atoms with E-state index in [0.717, 1.165) is 29.5 Å². The van der Waals surface area contributed by atoms with E-state index < -0.39 is 0 Å². The molecule has 3 rings (SSSR count). The Morgan fingerprint density at radius 3 is 2.86 bits per heavy atom. The lowest BCUT2D eigenvalue weighted by molar-refractivity contribution is 0.315. The topological polar surface area (TPSA) is 76.4 Å². The van der Waals surface area contributed by atoms with Crippen molar-refractivity contribution in [1.29, 1.82) is 0 Å². The van der Waals surface area contributed by atoms with Crippen LogP contribution in [0.25, 0.3) is 11.3 Å². The van der Waals surface area contributed by atoms with Gasteiger partial charge in [0.15, 0.2) is 11.7 Å². The molecule has 1 aromatic heterocycles. The van der Waals surface area contributed by atoms with Crippen molar-refractivity contribution in [2.75, 3.05) is 6.54 Å². The highest BCUT2D eigenvalue weighted by atomic mass is 16.5. The predicted octanol–water partition coefficient (Wildman–Crippen LogP) is 2.55. The van der Waals surface area contributed by atoms with E-state index in [0.29, 0.717) is 12.5 Å². The number of nitrogens with zero attached hydrogens (tertiary/aromatic N) is 2. The van der Waals surface area contributed by atoms with Gasteiger partial charge in [0.1, 0.15) is 5.69 Å². The molecule has 0 aliphatic heterocycles. The highest BCUT2D eigenvalue weighted by molar-refractivity contribution is 5.77. The lowest BCUT2D eigenvalue weighted by atomic mass is 9.85. The molecule has 110 valence electrons. The van der Waals surface area contributed by atoms with Gasteiger partial charge in [-0.05, 0) is 18.8 Å². The molecular weight excluding hydrogens is 264 g/mol. The Morgan fingerprint density at radius 2 is 2.14 bits per heavy atom. The molecule has 0 unspecified atom stereocenters. The van der Waals surface area contributed by atoms with Crippen molar-refractivity contribution in [2.45, 2.75) is 25.8 Å². The van der Waals surface area contributed by atoms with Gasteiger partial charge in [0, 0.05) is 18.2 Å². The first-order chi connectivity index (χ1) is 10.3. The first kappa shape index (κ1) is 13.7. The van der Waals surface area contributed by atoms with Gasteiger partial charge < -0.3 is 15.6 Å². The fourth-order valence-corrected chi connectivity index (χ4v) is 2.29. The van der Waals surface area contributed by atoms with Crippen molar-refractivity contribution < 1.29 is 4.52 Å². The number of aromatic nitrogens is 1. The first-order valence-electron chi connectivity index (χ1n) is 7.36. The zero-order chi connectivity index (χ0) is 14.5. The molecule has 0 spiro atoms. The highest BCUT2D eigenvalue weighted by Crippen LogP contribution is 2.25. The molecule has 0 atom stereocenters. The molecule has 1 aliphatic rings. The number of nitrogens with one attached hydrogen (secondary N) is 1. The van der Waals surface area contributed by atoms with Crippen molar-refractivity contribution in [2.24, 2.45) is 16.6 Å². The van der Waals surface area contributed by atoms with Gasteiger partial charge in [-0.1, -0.05) is 41.9 Å². The van der Waals surface area contributed by atoms with Gasteiger partial charge in [0.25, 0.3) is 0 Å². The number of hydrogen-bond donors (Lipinski definition) is 2. The molecular formula is C16H20N4O. The molecule has 1 saturated carbocycles. The number of rotatable bonds is 5. The average molecular weight is 284 g/mol. The van der Waals surface area contributed by atoms with Gasteiger partial charge in [0.05, 0.1) is 6.54 Å². The standard InChI is InChI=1S/C16H20N4O/c17-16(18-10-12-5-4-6-12)19-11-14-9-15(21-20-14)13-7-2-1-3-8-13/h1-3,7-9,12H,4-6,10-11H2,(H3,17,18,19). The van der Waals surface area contributed by atoms with Crippen LogP contribution in [0.4, 0.5) is 0 Å². The fraction of sp³-hybridized carbons (Fsp3) is 0.375. The lowest BCUT2D eigenvalue weighted by Crippen LogP contribution is -2.37. The molecule has 21 heavy (non-hydrogen) atoms. The van der Waals surface area contributed by atoms with E-state index in [1.54, 1.807) is 0 Å². The predicted molar refractivity (Wildman–Crippen MR) is 82.6 cm³/mol. The summed E-state index contributed by atoms with van der Waals surface area (Å²) in [5.41, 5.74) is 7.64. The molecule has 1 aliphatic carbocycles. The van der Waals surface area contributed by atoms with Crippen LogP contribution in [-0.2, 0) is 6.54 Å². The average Bonchev–Trinajstić information content (AvgIpc) is 2.93. The monoisotopic (exact) mass is 284 g/mol. The van der Waals surface area contributed by atoms with E-state index in [1.165, 1.54) is 19.3 Å². The van der Waals surface area contributed by atoms with Gasteiger partial charge in [-0.25, -0.2) is 4.99 Å². The first-order valence-corrected chi connectivity index (χ1v) is 7.36. The lowest BCUT2D eigenvalue weighted by Gasteiger charge is -2.25. The Kier molecular flexibility index (Phi) is 4.19. The van der Waals surface area contributed by atoms with E-state index in [4.69, 9.17) is 10.3 Å². The van der Waals surface area contributed by atoms with Crippen LogP contribution in [0, 0.1) is 5.92 Å². The number of guanidine groups is 1. The Balaban J connectivity index is 1.54. The second-order valence-corrected chi connectivity index (χ2v) is 5.43. The van der Waals surface area contributed by atoms with Crippen molar-refractivity contribution in [3.8, 4) is 11.3 Å². The number of nitrogens with two attached hydrogens (primary N) is 1. The summed E-state index contributed by atoms with van der Waals surface area (Å²) in [6, 6.07) is 11.8. The largest absolute Gasteiger partial charge is 0.370 e. The van der Waals surface area contributed by atoms with Crippen LogP contribution < -0.4 is 11.1 Å². The molecule has 0 amide bonds. The van der Waals surface area contributed by atoms with E-state index in [2.05, 4.69) is 15.5 Å². The summed E-state index contributed by atoms with van der Waals surface area (Å²) >= 11 is 0. The van der Waals surface area contributed by atoms with Crippen LogP contribution in [0.15, 0.2) is 45.9 Å². The van der Waals surface area contributed by atoms with Gasteiger partial charge in [-0.15, -0.1) is 0 Å². The van der Waals surface area contributed by atoms with E-state index in [1.807, 2.05) is 36.4 Å². The summed E-state index contributed by atoms with van der Waals surface area (Å²) in [5, 5.41) is 7.18. The van der Waals surface area contributed by atoms with Crippen molar-refractivity contribution in [3.63, 3.8) is 0 Å². The maximum atomic E-state index is 5.85. The summed E-state index contributed by atoms with van der Waals surface area (Å²) < 4.78 is 5.33. The normalized spacial score (nSPS) is 15.7. The third-order valence-corrected chi connectivity index (χ3v) is 3.83. The zero-order valence-electron chi connectivity index (χ0n) is 12.0. The van der Waals surface area contributed by atoms with Crippen LogP contribution in [0.5, 0.6) is 0 Å². The Bertz CT molecular complexity index is 602. The summed E-state index contributed by atoms with van der Waals surface area (Å²) in [6.07, 6.45) is 3.93. The van der Waals surface area contributed by atoms with Crippen LogP contribution in [0.3, 0.4) is 0 Å². The number of aliphatic imine (C=N–C) groups is 1. The zero-order valence-corrected chi connectivity index (χ0v) is 12.0. The molecule has 3 N–H and O–H groups in total. The molecule has 5 nitrogen and oxygen atoms in total. The summed E-state index contributed by atoms with van der Waals surface area (Å²) in [5.74, 6) is 1.99. The summed E-state index contributed by atoms with van der Waals surface area (Å²) in [7, 11) is 0. The highest BCUT2D eigenvalue weighted by Gasteiger charge is 2.16. The third kappa shape index (κ3) is 3.62. The Morgan fingerprint density at radius 1 is 1.33 bits per heavy atom. The van der Waals surface area contributed by atoms with Gasteiger partial charge in [-0.2, -0.15) is 0 Å². The molecule has 0 bridgehead atoms. The van der Waals surface area contributed by atoms with Gasteiger partial charge in [-0.3, -0.25) is 0 Å². The molecule has 1 fully saturated rings. The molecule has 2 aromatic rings. The second kappa shape index (κ2) is 6.43. The smallest absolute Gasteiger partial charge is 0.188 e. The Hall–Kier alpha value is -2.30. The van der Waals surface area contributed by atoms with E-state index in [9.17, 15) is 0 Å². The van der Waals surface area contributed by atoms with Crippen LogP contribution >= 0.6 is 0 Å². The molecule has 1 heterocycles. The van der Waals surface area contributed by atoms with Crippen LogP contribution in [-0.4, -0.2) is 17.7 Å². The maximum Gasteiger partial charge on any atom is 0.188 e. The van der Waals surface area contributed by atoms with Crippen LogP contribution in [0.2, 0.25) is 0 Å². The van der Waals surface area contributed by atoms with Gasteiger partial charge >= 0.3 is 0 Å². The van der Waals surface area contributed by atoms with E-state index in [-0.39, 0.29) is 0 Å². The minimum atomic E-state index is 0.430. The number of hydrogen-bond acceptors (Lipinski definition) is 3. The molecule has 5 heteroatoms. The summed E-state index contributed by atoms with van der Waals surface area (Å²) in [4.78, 5) is 4.29. The minimum Gasteiger partial charge on any atom is -0.370 e. The fourth-order valence-electron chi connectivity index (χ4n) is 2.29. The van der Waals surface area contributed by atoms with Gasteiger partial charge in [0.2, 0.25) is 0 Å². The van der Waals surface area contributed by atoms with Crippen molar-refractivity contribution in [1.82, 2.24) is 10.5 Å².